The summed E-state index contributed by atoms with van der Waals surface area (Å²) in [5.41, 5.74) is 1.33. The van der Waals surface area contributed by atoms with Gasteiger partial charge in [0.2, 0.25) is 0 Å². The van der Waals surface area contributed by atoms with Gasteiger partial charge in [0.05, 0.1) is 18.3 Å². The van der Waals surface area contributed by atoms with Crippen molar-refractivity contribution in [2.24, 2.45) is 0 Å². The van der Waals surface area contributed by atoms with Gasteiger partial charge in [-0.25, -0.2) is 4.98 Å². The fourth-order valence-electron chi connectivity index (χ4n) is 1.31. The second-order valence-corrected chi connectivity index (χ2v) is 2.92. The summed E-state index contributed by atoms with van der Waals surface area (Å²) >= 11 is 0. The lowest BCUT2D eigenvalue weighted by Gasteiger charge is -1.95. The van der Waals surface area contributed by atoms with Crippen molar-refractivity contribution in [3.05, 3.63) is 41.9 Å². The van der Waals surface area contributed by atoms with Crippen LogP contribution in [0, 0.1) is 11.3 Å². The van der Waals surface area contributed by atoms with E-state index in [1.807, 2.05) is 18.2 Å². The zero-order valence-corrected chi connectivity index (χ0v) is 7.53. The molecule has 0 aliphatic rings. The van der Waals surface area contributed by atoms with Crippen molar-refractivity contribution in [2.45, 2.75) is 12.8 Å². The van der Waals surface area contributed by atoms with Gasteiger partial charge in [0, 0.05) is 6.42 Å². The van der Waals surface area contributed by atoms with E-state index in [1.165, 1.54) is 6.33 Å². The van der Waals surface area contributed by atoms with Crippen LogP contribution in [0.2, 0.25) is 0 Å². The topological polar surface area (TPSA) is 65.6 Å². The van der Waals surface area contributed by atoms with Crippen molar-refractivity contribution in [1.29, 1.82) is 5.26 Å². The SMILES string of the molecule is N#Cc1nc[nH]c1CCc1ccco1. The molecule has 70 valence electrons. The van der Waals surface area contributed by atoms with Crippen LogP contribution in [0.15, 0.2) is 29.1 Å². The number of H-pyrrole nitrogens is 1. The number of imidazole rings is 1. The Morgan fingerprint density at radius 3 is 3.14 bits per heavy atom. The number of hydrogen-bond acceptors (Lipinski definition) is 3. The van der Waals surface area contributed by atoms with Gasteiger partial charge in [-0.05, 0) is 18.6 Å². The Hall–Kier alpha value is -2.02. The molecule has 4 heteroatoms. The molecular formula is C10H9N3O. The fourth-order valence-corrected chi connectivity index (χ4v) is 1.31. The summed E-state index contributed by atoms with van der Waals surface area (Å²) in [5.74, 6) is 0.920. The predicted octanol–water partition coefficient (Wildman–Crippen LogP) is 1.66. The molecule has 1 N–H and O–H groups in total. The molecule has 0 radical (unpaired) electrons. The molecule has 2 aromatic rings. The van der Waals surface area contributed by atoms with Gasteiger partial charge in [-0.2, -0.15) is 5.26 Å². The van der Waals surface area contributed by atoms with E-state index in [2.05, 4.69) is 9.97 Å². The molecule has 4 nitrogen and oxygen atoms in total. The maximum absolute atomic E-state index is 8.71. The Morgan fingerprint density at radius 1 is 1.50 bits per heavy atom. The van der Waals surface area contributed by atoms with E-state index in [9.17, 15) is 0 Å². The number of nitrogens with one attached hydrogen (secondary N) is 1. The Kier molecular flexibility index (Phi) is 2.32. The Morgan fingerprint density at radius 2 is 2.43 bits per heavy atom. The van der Waals surface area contributed by atoms with Crippen LogP contribution in [0.4, 0.5) is 0 Å². The third kappa shape index (κ3) is 1.67. The van der Waals surface area contributed by atoms with E-state index in [1.54, 1.807) is 6.26 Å². The van der Waals surface area contributed by atoms with E-state index in [-0.39, 0.29) is 0 Å². The van der Waals surface area contributed by atoms with Crippen molar-refractivity contribution in [2.75, 3.05) is 0 Å². The molecule has 0 aliphatic heterocycles. The third-order valence-corrected chi connectivity index (χ3v) is 2.03. The molecule has 0 aliphatic carbocycles. The molecule has 0 unspecified atom stereocenters. The van der Waals surface area contributed by atoms with Gasteiger partial charge in [0.25, 0.3) is 0 Å². The minimum Gasteiger partial charge on any atom is -0.469 e. The minimum absolute atomic E-state index is 0.469. The zero-order chi connectivity index (χ0) is 9.80. The van der Waals surface area contributed by atoms with Gasteiger partial charge in [0.15, 0.2) is 5.69 Å². The molecule has 0 saturated carbocycles. The highest BCUT2D eigenvalue weighted by molar-refractivity contribution is 5.25. The summed E-state index contributed by atoms with van der Waals surface area (Å²) in [6.07, 6.45) is 4.71. The fraction of sp³-hybridized carbons (Fsp3) is 0.200. The number of furan rings is 1. The molecule has 0 amide bonds. The maximum Gasteiger partial charge on any atom is 0.161 e. The highest BCUT2D eigenvalue weighted by atomic mass is 16.3. The normalized spacial score (nSPS) is 9.93. The quantitative estimate of drug-likeness (QED) is 0.794. The number of hydrogen-bond donors (Lipinski definition) is 1. The van der Waals surface area contributed by atoms with Gasteiger partial charge in [-0.15, -0.1) is 0 Å². The summed E-state index contributed by atoms with van der Waals surface area (Å²) in [4.78, 5) is 6.83. The molecule has 0 spiro atoms. The van der Waals surface area contributed by atoms with Gasteiger partial charge < -0.3 is 9.40 Å². The van der Waals surface area contributed by atoms with Crippen LogP contribution < -0.4 is 0 Å². The van der Waals surface area contributed by atoms with Gasteiger partial charge in [0.1, 0.15) is 11.8 Å². The number of nitrogens with zero attached hydrogens (tertiary/aromatic N) is 2. The first kappa shape index (κ1) is 8.57. The number of aromatic nitrogens is 2. The lowest BCUT2D eigenvalue weighted by molar-refractivity contribution is 0.507. The molecule has 2 aromatic heterocycles. The van der Waals surface area contributed by atoms with E-state index in [0.717, 1.165) is 24.3 Å². The van der Waals surface area contributed by atoms with Crippen molar-refractivity contribution < 1.29 is 4.42 Å². The molecule has 14 heavy (non-hydrogen) atoms. The van der Waals surface area contributed by atoms with E-state index in [4.69, 9.17) is 9.68 Å². The van der Waals surface area contributed by atoms with E-state index < -0.39 is 0 Å². The summed E-state index contributed by atoms with van der Waals surface area (Å²) in [6, 6.07) is 5.81. The molecule has 2 rings (SSSR count). The summed E-state index contributed by atoms with van der Waals surface area (Å²) in [5, 5.41) is 8.71. The lowest BCUT2D eigenvalue weighted by atomic mass is 10.2. The second kappa shape index (κ2) is 3.79. The minimum atomic E-state index is 0.469. The molecule has 2 heterocycles. The van der Waals surface area contributed by atoms with Crippen LogP contribution in [-0.2, 0) is 12.8 Å². The Balaban J connectivity index is 2.02. The average Bonchev–Trinajstić information content (AvgIpc) is 2.85. The van der Waals surface area contributed by atoms with Crippen LogP contribution in [0.25, 0.3) is 0 Å². The number of nitriles is 1. The molecular weight excluding hydrogens is 178 g/mol. The molecule has 0 saturated heterocycles. The molecule has 0 bridgehead atoms. The summed E-state index contributed by atoms with van der Waals surface area (Å²) in [7, 11) is 0. The van der Waals surface area contributed by atoms with Crippen molar-refractivity contribution in [3.8, 4) is 6.07 Å². The largest absolute Gasteiger partial charge is 0.469 e. The molecule has 0 atom stereocenters. The van der Waals surface area contributed by atoms with Gasteiger partial charge >= 0.3 is 0 Å². The van der Waals surface area contributed by atoms with Crippen LogP contribution in [0.1, 0.15) is 17.1 Å². The predicted molar refractivity (Wildman–Crippen MR) is 49.4 cm³/mol. The van der Waals surface area contributed by atoms with Crippen molar-refractivity contribution in [3.63, 3.8) is 0 Å². The highest BCUT2D eigenvalue weighted by Gasteiger charge is 2.05. The maximum atomic E-state index is 8.71. The van der Waals surface area contributed by atoms with Crippen LogP contribution in [0.3, 0.4) is 0 Å². The van der Waals surface area contributed by atoms with Crippen LogP contribution in [-0.4, -0.2) is 9.97 Å². The Bertz CT molecular complexity index is 436. The number of aryl methyl sites for hydroxylation is 2. The van der Waals surface area contributed by atoms with Gasteiger partial charge in [-0.1, -0.05) is 0 Å². The van der Waals surface area contributed by atoms with Crippen LogP contribution >= 0.6 is 0 Å². The first-order chi connectivity index (χ1) is 6.90. The first-order valence-corrected chi connectivity index (χ1v) is 4.35. The number of rotatable bonds is 3. The smallest absolute Gasteiger partial charge is 0.161 e. The Labute approximate surface area is 81.2 Å². The monoisotopic (exact) mass is 187 g/mol. The second-order valence-electron chi connectivity index (χ2n) is 2.92. The highest BCUT2D eigenvalue weighted by Crippen LogP contribution is 2.08. The van der Waals surface area contributed by atoms with Crippen molar-refractivity contribution >= 4 is 0 Å². The lowest BCUT2D eigenvalue weighted by Crippen LogP contribution is -1.92. The van der Waals surface area contributed by atoms with E-state index >= 15 is 0 Å². The zero-order valence-electron chi connectivity index (χ0n) is 7.53. The van der Waals surface area contributed by atoms with Crippen molar-refractivity contribution in [1.82, 2.24) is 9.97 Å². The average molecular weight is 187 g/mol. The summed E-state index contributed by atoms with van der Waals surface area (Å²) < 4.78 is 5.19. The molecule has 0 aromatic carbocycles. The van der Waals surface area contributed by atoms with Gasteiger partial charge in [-0.3, -0.25) is 0 Å². The third-order valence-electron chi connectivity index (χ3n) is 2.03. The summed E-state index contributed by atoms with van der Waals surface area (Å²) in [6.45, 7) is 0. The first-order valence-electron chi connectivity index (χ1n) is 4.35. The molecule has 0 fully saturated rings. The standard InChI is InChI=1S/C10H9N3O/c11-6-10-9(12-7-13-10)4-3-8-2-1-5-14-8/h1-2,5,7H,3-4H2,(H,12,13). The van der Waals surface area contributed by atoms with Crippen LogP contribution in [0.5, 0.6) is 0 Å². The van der Waals surface area contributed by atoms with E-state index in [0.29, 0.717) is 5.69 Å². The number of aromatic amines is 1.